The van der Waals surface area contributed by atoms with Gasteiger partial charge < -0.3 is 23.7 Å². The Labute approximate surface area is 248 Å². The van der Waals surface area contributed by atoms with E-state index in [2.05, 4.69) is 82.2 Å². The van der Waals surface area contributed by atoms with E-state index in [1.807, 2.05) is 13.0 Å². The van der Waals surface area contributed by atoms with Crippen LogP contribution in [0.5, 0.6) is 5.75 Å². The predicted octanol–water partition coefficient (Wildman–Crippen LogP) is 6.08. The smallest absolute Gasteiger partial charge is 0.488 e. The molecule has 0 unspecified atom stereocenters. The van der Waals surface area contributed by atoms with Gasteiger partial charge in [-0.3, -0.25) is 4.79 Å². The van der Waals surface area contributed by atoms with Gasteiger partial charge in [-0.2, -0.15) is 0 Å². The Hall–Kier alpha value is -2.88. The minimum atomic E-state index is -0.382. The second-order valence-electron chi connectivity index (χ2n) is 12.1. The van der Waals surface area contributed by atoms with Gasteiger partial charge in [0.1, 0.15) is 12.4 Å². The molecule has 0 radical (unpaired) electrons. The Morgan fingerprint density at radius 2 is 1.78 bits per heavy atom. The van der Waals surface area contributed by atoms with Crippen LogP contribution in [-0.2, 0) is 25.4 Å². The zero-order valence-corrected chi connectivity index (χ0v) is 26.1. The molecule has 0 spiro atoms. The molecule has 2 aliphatic rings. The third-order valence-corrected chi connectivity index (χ3v) is 9.47. The molecule has 41 heavy (non-hydrogen) atoms. The maximum absolute atomic E-state index is 12.1. The highest BCUT2D eigenvalue weighted by Crippen LogP contribution is 2.37. The number of aromatic nitrogens is 1. The van der Waals surface area contributed by atoms with Crippen molar-refractivity contribution in [2.75, 3.05) is 24.6 Å². The lowest BCUT2D eigenvalue weighted by atomic mass is 9.78. The van der Waals surface area contributed by atoms with E-state index >= 15 is 0 Å². The van der Waals surface area contributed by atoms with Crippen molar-refractivity contribution in [3.63, 3.8) is 0 Å². The molecule has 0 N–H and O–H groups in total. The summed E-state index contributed by atoms with van der Waals surface area (Å²) in [5.74, 6) is 0.714. The minimum Gasteiger partial charge on any atom is -0.488 e. The first kappa shape index (κ1) is 29.6. The van der Waals surface area contributed by atoms with Crippen LogP contribution in [0.3, 0.4) is 0 Å². The summed E-state index contributed by atoms with van der Waals surface area (Å²) in [6, 6.07) is 12.5. The molecule has 2 aliphatic heterocycles. The van der Waals surface area contributed by atoms with E-state index in [4.69, 9.17) is 23.8 Å². The number of hydrogen-bond donors (Lipinski definition) is 0. The number of carbonyl (C=O) groups excluding carboxylic acids is 1. The van der Waals surface area contributed by atoms with Gasteiger partial charge in [-0.1, -0.05) is 29.8 Å². The number of hydrogen-bond acceptors (Lipinski definition) is 8. The minimum absolute atomic E-state index is 0.0168. The molecule has 5 rings (SSSR count). The van der Waals surface area contributed by atoms with Crippen LogP contribution in [0.2, 0.25) is 0 Å². The van der Waals surface area contributed by atoms with E-state index < -0.39 is 0 Å². The van der Waals surface area contributed by atoms with Crippen molar-refractivity contribution in [2.45, 2.75) is 79.1 Å². The van der Waals surface area contributed by atoms with Gasteiger partial charge in [0.15, 0.2) is 5.13 Å². The number of aryl methyl sites for hydroxylation is 2. The first-order chi connectivity index (χ1) is 19.5. The van der Waals surface area contributed by atoms with Crippen LogP contribution < -0.4 is 15.1 Å². The molecule has 3 heterocycles. The van der Waals surface area contributed by atoms with E-state index in [0.29, 0.717) is 13.2 Å². The quantitative estimate of drug-likeness (QED) is 0.238. The molecule has 2 fully saturated rings. The van der Waals surface area contributed by atoms with Gasteiger partial charge >= 0.3 is 13.1 Å². The lowest BCUT2D eigenvalue weighted by Crippen LogP contribution is -2.41. The number of thiazole rings is 1. The lowest BCUT2D eigenvalue weighted by Gasteiger charge is -2.32. The SMILES string of the molecule is CCOC(=O)C1CCN(c2nc(-c3cc(C)ccc3OCc3ccc(B4OC(C)(C)C(C)(C)O4)cc3C)cs2)CC1. The Kier molecular flexibility index (Phi) is 8.51. The zero-order chi connectivity index (χ0) is 29.4. The summed E-state index contributed by atoms with van der Waals surface area (Å²) in [7, 11) is -0.382. The highest BCUT2D eigenvalue weighted by Gasteiger charge is 2.51. The Bertz CT molecular complexity index is 1380. The van der Waals surface area contributed by atoms with E-state index in [0.717, 1.165) is 70.2 Å². The van der Waals surface area contributed by atoms with Crippen LogP contribution >= 0.6 is 11.3 Å². The van der Waals surface area contributed by atoms with Crippen molar-refractivity contribution in [3.05, 3.63) is 58.5 Å². The summed E-state index contributed by atoms with van der Waals surface area (Å²) in [4.78, 5) is 19.4. The second-order valence-corrected chi connectivity index (χ2v) is 12.9. The lowest BCUT2D eigenvalue weighted by molar-refractivity contribution is -0.148. The maximum atomic E-state index is 12.1. The van der Waals surface area contributed by atoms with Crippen molar-refractivity contribution in [2.24, 2.45) is 5.92 Å². The summed E-state index contributed by atoms with van der Waals surface area (Å²) < 4.78 is 24.1. The number of esters is 1. The Morgan fingerprint density at radius 1 is 1.07 bits per heavy atom. The van der Waals surface area contributed by atoms with Gasteiger partial charge in [0.25, 0.3) is 0 Å². The normalized spacial score (nSPS) is 18.5. The monoisotopic (exact) mass is 576 g/mol. The number of anilines is 1. The largest absolute Gasteiger partial charge is 0.494 e. The maximum Gasteiger partial charge on any atom is 0.494 e. The molecule has 0 atom stereocenters. The number of nitrogens with zero attached hydrogens (tertiary/aromatic N) is 2. The first-order valence-electron chi connectivity index (χ1n) is 14.5. The average Bonchev–Trinajstić information content (AvgIpc) is 3.50. The number of carbonyl (C=O) groups is 1. The zero-order valence-electron chi connectivity index (χ0n) is 25.3. The fourth-order valence-electron chi connectivity index (χ4n) is 5.23. The van der Waals surface area contributed by atoms with Crippen LogP contribution in [0, 0.1) is 19.8 Å². The van der Waals surface area contributed by atoms with E-state index in [1.165, 1.54) is 0 Å². The molecule has 2 aromatic carbocycles. The summed E-state index contributed by atoms with van der Waals surface area (Å²) in [5, 5.41) is 3.07. The van der Waals surface area contributed by atoms with Crippen LogP contribution in [-0.4, -0.2) is 49.0 Å². The van der Waals surface area contributed by atoms with E-state index in [9.17, 15) is 4.79 Å². The summed E-state index contributed by atoms with van der Waals surface area (Å²) >= 11 is 1.63. The predicted molar refractivity (Wildman–Crippen MR) is 165 cm³/mol. The molecule has 0 amide bonds. The molecule has 0 saturated carbocycles. The van der Waals surface area contributed by atoms with Gasteiger partial charge in [-0.05, 0) is 90.0 Å². The van der Waals surface area contributed by atoms with Crippen LogP contribution in [0.25, 0.3) is 11.3 Å². The van der Waals surface area contributed by atoms with Gasteiger partial charge in [0.05, 0.1) is 29.4 Å². The second kappa shape index (κ2) is 11.8. The average molecular weight is 577 g/mol. The van der Waals surface area contributed by atoms with Crippen molar-refractivity contribution < 1.29 is 23.6 Å². The van der Waals surface area contributed by atoms with Crippen molar-refractivity contribution >= 4 is 35.0 Å². The van der Waals surface area contributed by atoms with Crippen molar-refractivity contribution in [1.29, 1.82) is 0 Å². The molecule has 2 saturated heterocycles. The summed E-state index contributed by atoms with van der Waals surface area (Å²) in [5.41, 5.74) is 5.56. The standard InChI is InChI=1S/C32H41BN2O5S/c1-8-37-29(36)23-13-15-35(16-14-23)30-34-27(20-41-30)26-17-21(2)9-12-28(26)38-19-24-10-11-25(18-22(24)3)33-39-31(4,5)32(6,7)40-33/h9-12,17-18,20,23H,8,13-16,19H2,1-7H3. The van der Waals surface area contributed by atoms with Gasteiger partial charge in [-0.15, -0.1) is 11.3 Å². The number of ether oxygens (including phenoxy) is 2. The van der Waals surface area contributed by atoms with E-state index in [-0.39, 0.29) is 30.2 Å². The molecule has 1 aromatic heterocycles. The third-order valence-electron chi connectivity index (χ3n) is 8.56. The fourth-order valence-corrected chi connectivity index (χ4v) is 6.11. The van der Waals surface area contributed by atoms with Crippen molar-refractivity contribution in [3.8, 4) is 17.0 Å². The summed E-state index contributed by atoms with van der Waals surface area (Å²) in [6.07, 6.45) is 1.58. The van der Waals surface area contributed by atoms with Crippen molar-refractivity contribution in [1.82, 2.24) is 4.98 Å². The Morgan fingerprint density at radius 3 is 2.44 bits per heavy atom. The Balaban J connectivity index is 1.26. The fraction of sp³-hybridized carbons (Fsp3) is 0.500. The molecule has 218 valence electrons. The molecule has 9 heteroatoms. The molecule has 7 nitrogen and oxygen atoms in total. The number of rotatable bonds is 8. The number of piperidine rings is 1. The molecule has 0 bridgehead atoms. The van der Waals surface area contributed by atoms with Gasteiger partial charge in [0, 0.05) is 24.0 Å². The molecular formula is C32H41BN2O5S. The van der Waals surface area contributed by atoms with Crippen LogP contribution in [0.15, 0.2) is 41.8 Å². The highest BCUT2D eigenvalue weighted by atomic mass is 32.1. The van der Waals surface area contributed by atoms with Gasteiger partial charge in [-0.25, -0.2) is 4.98 Å². The molecule has 3 aromatic rings. The van der Waals surface area contributed by atoms with Crippen LogP contribution in [0.4, 0.5) is 5.13 Å². The first-order valence-corrected chi connectivity index (χ1v) is 15.4. The molecular weight excluding hydrogens is 535 g/mol. The summed E-state index contributed by atoms with van der Waals surface area (Å²) in [6.45, 7) is 16.8. The highest BCUT2D eigenvalue weighted by molar-refractivity contribution is 7.14. The van der Waals surface area contributed by atoms with Gasteiger partial charge in [0.2, 0.25) is 0 Å². The third kappa shape index (κ3) is 6.32. The van der Waals surface area contributed by atoms with E-state index in [1.54, 1.807) is 11.3 Å². The molecule has 0 aliphatic carbocycles. The topological polar surface area (TPSA) is 70.1 Å². The number of benzene rings is 2. The van der Waals surface area contributed by atoms with Crippen LogP contribution in [0.1, 0.15) is 64.2 Å².